The molecule has 0 unspecified atom stereocenters. The molecular weight excluding hydrogens is 157 g/mol. The molecular formula is C8H11FN3+. The molecule has 12 heavy (non-hydrogen) atoms. The molecule has 1 aromatic heterocycles. The molecule has 0 bridgehead atoms. The molecule has 3 nitrogen and oxygen atoms in total. The van der Waals surface area contributed by atoms with E-state index in [1.54, 1.807) is 19.2 Å². The number of halogens is 1. The molecule has 0 aliphatic rings. The quantitative estimate of drug-likeness (QED) is 0.530. The molecule has 1 rings (SSSR count). The lowest BCUT2D eigenvalue weighted by Crippen LogP contribution is -2.37. The van der Waals surface area contributed by atoms with Crippen LogP contribution in [0.2, 0.25) is 0 Å². The van der Waals surface area contributed by atoms with Crippen LogP contribution in [0.4, 0.5) is 10.2 Å². The van der Waals surface area contributed by atoms with Gasteiger partial charge in [-0.05, 0) is 0 Å². The van der Waals surface area contributed by atoms with E-state index in [0.29, 0.717) is 6.54 Å². The van der Waals surface area contributed by atoms with E-state index in [1.165, 1.54) is 10.7 Å². The van der Waals surface area contributed by atoms with Gasteiger partial charge < -0.3 is 0 Å². The largest absolute Gasteiger partial charge is 0.295 e. The fraction of sp³-hybridized carbons (Fsp3) is 0.250. The van der Waals surface area contributed by atoms with Crippen LogP contribution in [0.15, 0.2) is 24.8 Å². The number of aryl methyl sites for hydroxylation is 1. The Balaban J connectivity index is 2.78. The fourth-order valence-electron chi connectivity index (χ4n) is 0.836. The van der Waals surface area contributed by atoms with Crippen molar-refractivity contribution >= 4 is 5.82 Å². The van der Waals surface area contributed by atoms with Crippen LogP contribution < -0.4 is 10.00 Å². The summed E-state index contributed by atoms with van der Waals surface area (Å²) < 4.78 is 13.9. The van der Waals surface area contributed by atoms with Gasteiger partial charge >= 0.3 is 0 Å². The van der Waals surface area contributed by atoms with Gasteiger partial charge in [-0.3, -0.25) is 5.32 Å². The molecule has 0 aliphatic heterocycles. The molecule has 0 saturated carbocycles. The van der Waals surface area contributed by atoms with E-state index >= 15 is 0 Å². The van der Waals surface area contributed by atoms with Gasteiger partial charge in [0, 0.05) is 12.1 Å². The maximum absolute atomic E-state index is 12.5. The van der Waals surface area contributed by atoms with Gasteiger partial charge in [-0.2, -0.15) is 4.39 Å². The summed E-state index contributed by atoms with van der Waals surface area (Å²) in [6.07, 6.45) is 1.73. The van der Waals surface area contributed by atoms with Gasteiger partial charge in [0.15, 0.2) is 0 Å². The molecule has 0 aliphatic carbocycles. The summed E-state index contributed by atoms with van der Waals surface area (Å²) in [7, 11) is 1.68. The first-order valence-electron chi connectivity index (χ1n) is 3.61. The lowest BCUT2D eigenvalue weighted by Gasteiger charge is -1.98. The van der Waals surface area contributed by atoms with E-state index in [4.69, 9.17) is 0 Å². The maximum Gasteiger partial charge on any atom is 0.295 e. The maximum atomic E-state index is 12.5. The molecule has 0 radical (unpaired) electrons. The Morgan fingerprint density at radius 1 is 1.75 bits per heavy atom. The van der Waals surface area contributed by atoms with E-state index in [-0.39, 0.29) is 0 Å². The zero-order valence-corrected chi connectivity index (χ0v) is 6.92. The van der Waals surface area contributed by atoms with E-state index in [0.717, 1.165) is 5.82 Å². The predicted molar refractivity (Wildman–Crippen MR) is 44.1 cm³/mol. The second-order valence-electron chi connectivity index (χ2n) is 2.33. The highest BCUT2D eigenvalue weighted by Crippen LogP contribution is 1.97. The predicted octanol–water partition coefficient (Wildman–Crippen LogP) is 0.643. The summed E-state index contributed by atoms with van der Waals surface area (Å²) in [5, 5.41) is 6.59. The standard InChI is InChI=1S/C8H10FN3/c1-3-6-10-8-5-4-7(9)11-12(8)2/h3-5H,1,6H2,2H3/p+1. The summed E-state index contributed by atoms with van der Waals surface area (Å²) in [6, 6.07) is 2.94. The topological polar surface area (TPSA) is 28.8 Å². The number of rotatable bonds is 3. The minimum absolute atomic E-state index is 0.485. The average Bonchev–Trinajstić information content (AvgIpc) is 2.03. The van der Waals surface area contributed by atoms with Gasteiger partial charge in [-0.25, -0.2) is 0 Å². The number of hydrogen-bond acceptors (Lipinski definition) is 2. The van der Waals surface area contributed by atoms with E-state index in [2.05, 4.69) is 17.0 Å². The first-order valence-corrected chi connectivity index (χ1v) is 3.61. The highest BCUT2D eigenvalue weighted by molar-refractivity contribution is 5.27. The third kappa shape index (κ3) is 2.02. The average molecular weight is 168 g/mol. The zero-order valence-electron chi connectivity index (χ0n) is 6.92. The van der Waals surface area contributed by atoms with Gasteiger partial charge in [0.25, 0.3) is 11.8 Å². The van der Waals surface area contributed by atoms with Crippen LogP contribution in [0.3, 0.4) is 0 Å². The smallest absolute Gasteiger partial charge is 0.269 e. The lowest BCUT2D eigenvalue weighted by molar-refractivity contribution is -0.719. The second-order valence-corrected chi connectivity index (χ2v) is 2.33. The van der Waals surface area contributed by atoms with Crippen molar-refractivity contribution in [1.82, 2.24) is 5.10 Å². The Bertz CT molecular complexity index is 286. The minimum Gasteiger partial charge on any atom is -0.269 e. The van der Waals surface area contributed by atoms with Crippen LogP contribution in [-0.4, -0.2) is 11.6 Å². The first-order chi connectivity index (χ1) is 5.74. The van der Waals surface area contributed by atoms with Crippen molar-refractivity contribution < 1.29 is 9.07 Å². The minimum atomic E-state index is -0.485. The van der Waals surface area contributed by atoms with Crippen LogP contribution in [-0.2, 0) is 7.05 Å². The Morgan fingerprint density at radius 2 is 2.50 bits per heavy atom. The van der Waals surface area contributed by atoms with Crippen LogP contribution in [0.1, 0.15) is 0 Å². The number of anilines is 1. The fourth-order valence-corrected chi connectivity index (χ4v) is 0.836. The van der Waals surface area contributed by atoms with Crippen LogP contribution in [0.5, 0.6) is 0 Å². The Morgan fingerprint density at radius 3 is 3.08 bits per heavy atom. The molecule has 0 aromatic carbocycles. The Labute approximate surface area is 70.5 Å². The van der Waals surface area contributed by atoms with E-state index < -0.39 is 5.95 Å². The zero-order chi connectivity index (χ0) is 8.97. The van der Waals surface area contributed by atoms with Gasteiger partial charge in [0.05, 0.1) is 0 Å². The van der Waals surface area contributed by atoms with Crippen molar-refractivity contribution in [3.63, 3.8) is 0 Å². The third-order valence-corrected chi connectivity index (χ3v) is 1.40. The monoisotopic (exact) mass is 168 g/mol. The van der Waals surface area contributed by atoms with Gasteiger partial charge in [-0.15, -0.1) is 4.68 Å². The number of hydrogen-bond donors (Lipinski definition) is 1. The van der Waals surface area contributed by atoms with Crippen molar-refractivity contribution in [3.05, 3.63) is 30.7 Å². The van der Waals surface area contributed by atoms with Crippen LogP contribution in [0.25, 0.3) is 0 Å². The molecule has 1 N–H and O–H groups in total. The van der Waals surface area contributed by atoms with Gasteiger partial charge in [-0.1, -0.05) is 17.8 Å². The third-order valence-electron chi connectivity index (χ3n) is 1.40. The number of nitrogens with zero attached hydrogens (tertiary/aromatic N) is 2. The summed E-state index contributed by atoms with van der Waals surface area (Å²) >= 11 is 0. The molecule has 1 aromatic rings. The summed E-state index contributed by atoms with van der Waals surface area (Å²) in [6.45, 7) is 4.20. The highest BCUT2D eigenvalue weighted by atomic mass is 19.1. The lowest BCUT2D eigenvalue weighted by atomic mass is 10.5. The van der Waals surface area contributed by atoms with Crippen molar-refractivity contribution in [2.75, 3.05) is 11.9 Å². The molecule has 4 heteroatoms. The summed E-state index contributed by atoms with van der Waals surface area (Å²) in [4.78, 5) is 0. The van der Waals surface area contributed by atoms with Crippen LogP contribution >= 0.6 is 0 Å². The molecule has 0 spiro atoms. The van der Waals surface area contributed by atoms with Crippen molar-refractivity contribution in [2.24, 2.45) is 7.05 Å². The molecule has 1 heterocycles. The molecule has 0 amide bonds. The number of aromatic nitrogens is 2. The van der Waals surface area contributed by atoms with E-state index in [9.17, 15) is 4.39 Å². The van der Waals surface area contributed by atoms with Gasteiger partial charge in [0.1, 0.15) is 13.6 Å². The Kier molecular flexibility index (Phi) is 2.74. The molecule has 64 valence electrons. The van der Waals surface area contributed by atoms with Gasteiger partial charge in [0.2, 0.25) is 0 Å². The van der Waals surface area contributed by atoms with Crippen molar-refractivity contribution in [2.45, 2.75) is 0 Å². The SMILES string of the molecule is C=CCNc1ccc(F)n[n+]1C. The van der Waals surface area contributed by atoms with Crippen LogP contribution in [0, 0.1) is 5.95 Å². The Hall–Kier alpha value is -1.45. The molecule has 0 atom stereocenters. The van der Waals surface area contributed by atoms with Crippen molar-refractivity contribution in [1.29, 1.82) is 0 Å². The van der Waals surface area contributed by atoms with Crippen molar-refractivity contribution in [3.8, 4) is 0 Å². The highest BCUT2D eigenvalue weighted by Gasteiger charge is 2.05. The first kappa shape index (κ1) is 8.64. The summed E-state index contributed by atoms with van der Waals surface area (Å²) in [5.41, 5.74) is 0. The summed E-state index contributed by atoms with van der Waals surface area (Å²) in [5.74, 6) is 0.276. The normalized spacial score (nSPS) is 9.50. The molecule has 0 fully saturated rings. The van der Waals surface area contributed by atoms with E-state index in [1.807, 2.05) is 0 Å². The number of nitrogens with one attached hydrogen (secondary N) is 1. The molecule has 0 saturated heterocycles. The second kappa shape index (κ2) is 3.80.